The highest BCUT2D eigenvalue weighted by molar-refractivity contribution is 5.76. The molecule has 0 unspecified atom stereocenters. The highest BCUT2D eigenvalue weighted by Gasteiger charge is 2.33. The fourth-order valence-electron chi connectivity index (χ4n) is 3.39. The molecule has 1 amide bonds. The number of aryl methyl sites for hydroxylation is 2. The number of carbonyl (C=O) groups is 1. The second-order valence-corrected chi connectivity index (χ2v) is 6.83. The van der Waals surface area contributed by atoms with Gasteiger partial charge in [0.2, 0.25) is 5.91 Å². The average molecular weight is 355 g/mol. The van der Waals surface area contributed by atoms with Crippen LogP contribution in [0.4, 0.5) is 0 Å². The molecule has 0 spiro atoms. The minimum Gasteiger partial charge on any atom is -0.496 e. The van der Waals surface area contributed by atoms with E-state index in [0.717, 1.165) is 22.6 Å². The quantitative estimate of drug-likeness (QED) is 0.855. The summed E-state index contributed by atoms with van der Waals surface area (Å²) in [6, 6.07) is 6.02. The van der Waals surface area contributed by atoms with Gasteiger partial charge in [0.1, 0.15) is 5.75 Å². The normalized spacial score (nSPS) is 19.6. The number of methoxy groups -OCH3 is 1. The van der Waals surface area contributed by atoms with Gasteiger partial charge in [-0.25, -0.2) is 0 Å². The van der Waals surface area contributed by atoms with E-state index in [9.17, 15) is 9.90 Å². The van der Waals surface area contributed by atoms with E-state index >= 15 is 0 Å². The molecule has 138 valence electrons. The zero-order valence-electron chi connectivity index (χ0n) is 15.3. The second kappa shape index (κ2) is 8.27. The van der Waals surface area contributed by atoms with E-state index in [2.05, 4.69) is 9.97 Å². The number of hydrogen-bond donors (Lipinski definition) is 1. The molecule has 0 saturated carbocycles. The molecule has 0 aliphatic carbocycles. The van der Waals surface area contributed by atoms with Crippen molar-refractivity contribution in [3.63, 3.8) is 0 Å². The van der Waals surface area contributed by atoms with Gasteiger partial charge >= 0.3 is 0 Å². The Morgan fingerprint density at radius 3 is 2.92 bits per heavy atom. The highest BCUT2D eigenvalue weighted by atomic mass is 16.5. The van der Waals surface area contributed by atoms with Crippen LogP contribution < -0.4 is 4.74 Å². The fourth-order valence-corrected chi connectivity index (χ4v) is 3.39. The van der Waals surface area contributed by atoms with Gasteiger partial charge in [-0.1, -0.05) is 12.1 Å². The van der Waals surface area contributed by atoms with Crippen LogP contribution >= 0.6 is 0 Å². The third-order valence-corrected chi connectivity index (χ3v) is 4.95. The predicted molar refractivity (Wildman–Crippen MR) is 97.9 cm³/mol. The molecule has 1 fully saturated rings. The summed E-state index contributed by atoms with van der Waals surface area (Å²) in [5.41, 5.74) is 3.01. The van der Waals surface area contributed by atoms with E-state index in [-0.39, 0.29) is 11.8 Å². The maximum atomic E-state index is 12.5. The van der Waals surface area contributed by atoms with Gasteiger partial charge in [0.05, 0.1) is 18.9 Å². The number of aliphatic hydroxyl groups excluding tert-OH is 1. The Labute approximate surface area is 153 Å². The van der Waals surface area contributed by atoms with E-state index < -0.39 is 6.10 Å². The number of aromatic nitrogens is 2. The van der Waals surface area contributed by atoms with Crippen LogP contribution in [-0.4, -0.2) is 52.2 Å². The molecule has 1 aliphatic rings. The molecular formula is C20H25N3O3. The minimum absolute atomic E-state index is 0.00937. The third kappa shape index (κ3) is 4.38. The zero-order chi connectivity index (χ0) is 18.5. The number of ether oxygens (including phenoxy) is 1. The summed E-state index contributed by atoms with van der Waals surface area (Å²) in [6.45, 7) is 2.95. The first kappa shape index (κ1) is 18.3. The van der Waals surface area contributed by atoms with Gasteiger partial charge in [-0.3, -0.25) is 14.8 Å². The Hall–Kier alpha value is -2.47. The molecule has 1 N–H and O–H groups in total. The second-order valence-electron chi connectivity index (χ2n) is 6.83. The van der Waals surface area contributed by atoms with Gasteiger partial charge < -0.3 is 14.7 Å². The van der Waals surface area contributed by atoms with Crippen LogP contribution in [0, 0.1) is 12.8 Å². The van der Waals surface area contributed by atoms with Crippen LogP contribution in [0.3, 0.4) is 0 Å². The Bertz CT molecular complexity index is 751. The third-order valence-electron chi connectivity index (χ3n) is 4.95. The molecule has 26 heavy (non-hydrogen) atoms. The van der Waals surface area contributed by atoms with Crippen molar-refractivity contribution in [1.29, 1.82) is 0 Å². The van der Waals surface area contributed by atoms with Crippen molar-refractivity contribution in [3.8, 4) is 5.75 Å². The number of likely N-dealkylation sites (tertiary alicyclic amines) is 1. The van der Waals surface area contributed by atoms with Crippen molar-refractivity contribution in [1.82, 2.24) is 14.9 Å². The molecule has 1 aliphatic heterocycles. The van der Waals surface area contributed by atoms with Crippen LogP contribution in [0.2, 0.25) is 0 Å². The maximum Gasteiger partial charge on any atom is 0.223 e. The number of aliphatic hydroxyl groups is 1. The van der Waals surface area contributed by atoms with Gasteiger partial charge in [0.25, 0.3) is 0 Å². The van der Waals surface area contributed by atoms with Crippen molar-refractivity contribution in [2.24, 2.45) is 5.92 Å². The number of nitrogens with zero attached hydrogens (tertiary/aromatic N) is 3. The summed E-state index contributed by atoms with van der Waals surface area (Å²) in [5.74, 6) is 0.927. The Kier molecular flexibility index (Phi) is 5.83. The molecule has 6 nitrogen and oxygen atoms in total. The summed E-state index contributed by atoms with van der Waals surface area (Å²) in [4.78, 5) is 22.6. The molecule has 6 heteroatoms. The molecule has 0 bridgehead atoms. The Balaban J connectivity index is 1.54. The lowest BCUT2D eigenvalue weighted by Gasteiger charge is -2.16. The van der Waals surface area contributed by atoms with E-state index in [1.807, 2.05) is 25.1 Å². The van der Waals surface area contributed by atoms with E-state index in [1.54, 1.807) is 30.6 Å². The fraction of sp³-hybridized carbons (Fsp3) is 0.450. The standard InChI is InChI=1S/C20H25N3O3/c1-14-3-4-15(9-19(14)26-2)5-6-20(25)23-12-16(18(24)13-23)10-17-11-21-7-8-22-17/h3-4,7-9,11,16,18,24H,5-6,10,12-13H2,1-2H3/t16-,18-/m1/s1. The van der Waals surface area contributed by atoms with Crippen molar-refractivity contribution < 1.29 is 14.6 Å². The van der Waals surface area contributed by atoms with Gasteiger partial charge in [0, 0.05) is 44.0 Å². The molecule has 1 saturated heterocycles. The zero-order valence-corrected chi connectivity index (χ0v) is 15.3. The van der Waals surface area contributed by atoms with Gasteiger partial charge in [-0.05, 0) is 37.0 Å². The summed E-state index contributed by atoms with van der Waals surface area (Å²) >= 11 is 0. The number of amides is 1. The Morgan fingerprint density at radius 1 is 1.35 bits per heavy atom. The molecule has 0 radical (unpaired) electrons. The van der Waals surface area contributed by atoms with E-state index in [4.69, 9.17) is 4.74 Å². The number of carbonyl (C=O) groups excluding carboxylic acids is 1. The summed E-state index contributed by atoms with van der Waals surface area (Å²) in [5, 5.41) is 10.3. The number of β-amino-alcohol motifs (C(OH)–C–C–N with tert-alkyl or cyclic N) is 1. The van der Waals surface area contributed by atoms with Gasteiger partial charge in [0.15, 0.2) is 0 Å². The lowest BCUT2D eigenvalue weighted by molar-refractivity contribution is -0.130. The number of benzene rings is 1. The monoisotopic (exact) mass is 355 g/mol. The lowest BCUT2D eigenvalue weighted by Crippen LogP contribution is -2.29. The number of hydrogen-bond acceptors (Lipinski definition) is 5. The SMILES string of the molecule is COc1cc(CCC(=O)N2C[C@@H](Cc3cnccn3)[C@H](O)C2)ccc1C. The first-order chi connectivity index (χ1) is 12.6. The maximum absolute atomic E-state index is 12.5. The highest BCUT2D eigenvalue weighted by Crippen LogP contribution is 2.23. The molecule has 3 rings (SSSR count). The van der Waals surface area contributed by atoms with Gasteiger partial charge in [-0.2, -0.15) is 0 Å². The smallest absolute Gasteiger partial charge is 0.223 e. The molecular weight excluding hydrogens is 330 g/mol. The molecule has 2 heterocycles. The first-order valence-electron chi connectivity index (χ1n) is 8.91. The summed E-state index contributed by atoms with van der Waals surface area (Å²) < 4.78 is 5.34. The molecule has 1 aromatic heterocycles. The van der Waals surface area contributed by atoms with Crippen LogP contribution in [0.5, 0.6) is 5.75 Å². The van der Waals surface area contributed by atoms with E-state index in [0.29, 0.717) is 32.4 Å². The molecule has 2 atom stereocenters. The summed E-state index contributed by atoms with van der Waals surface area (Å²) in [6.07, 6.45) is 6.20. The largest absolute Gasteiger partial charge is 0.496 e. The van der Waals surface area contributed by atoms with Crippen molar-refractivity contribution in [2.75, 3.05) is 20.2 Å². The van der Waals surface area contributed by atoms with Crippen LogP contribution in [0.15, 0.2) is 36.8 Å². The van der Waals surface area contributed by atoms with Crippen LogP contribution in [-0.2, 0) is 17.6 Å². The first-order valence-corrected chi connectivity index (χ1v) is 8.91. The Morgan fingerprint density at radius 2 is 2.19 bits per heavy atom. The topological polar surface area (TPSA) is 75.5 Å². The number of rotatable bonds is 6. The molecule has 2 aromatic rings. The van der Waals surface area contributed by atoms with Crippen LogP contribution in [0.25, 0.3) is 0 Å². The van der Waals surface area contributed by atoms with Gasteiger partial charge in [-0.15, -0.1) is 0 Å². The minimum atomic E-state index is -0.513. The van der Waals surface area contributed by atoms with Crippen molar-refractivity contribution in [2.45, 2.75) is 32.3 Å². The van der Waals surface area contributed by atoms with E-state index in [1.165, 1.54) is 0 Å². The lowest BCUT2D eigenvalue weighted by atomic mass is 10.0. The predicted octanol–water partition coefficient (Wildman–Crippen LogP) is 1.79. The van der Waals surface area contributed by atoms with Crippen molar-refractivity contribution >= 4 is 5.91 Å². The van der Waals surface area contributed by atoms with Crippen molar-refractivity contribution in [3.05, 3.63) is 53.6 Å². The average Bonchev–Trinajstić information content (AvgIpc) is 3.02. The molecule has 1 aromatic carbocycles. The summed E-state index contributed by atoms with van der Waals surface area (Å²) in [7, 11) is 1.65. The van der Waals surface area contributed by atoms with Crippen LogP contribution in [0.1, 0.15) is 23.2 Å².